The van der Waals surface area contributed by atoms with Gasteiger partial charge in [-0.3, -0.25) is 19.3 Å². The van der Waals surface area contributed by atoms with Crippen LogP contribution >= 0.6 is 0 Å². The number of amides is 3. The Balaban J connectivity index is 1.17. The van der Waals surface area contributed by atoms with Crippen LogP contribution in [-0.4, -0.2) is 66.8 Å². The molecule has 0 spiro atoms. The van der Waals surface area contributed by atoms with Crippen LogP contribution < -0.4 is 10.2 Å². The normalized spacial score (nSPS) is 19.1. The van der Waals surface area contributed by atoms with Gasteiger partial charge >= 0.3 is 0 Å². The van der Waals surface area contributed by atoms with E-state index in [2.05, 4.69) is 22.3 Å². The minimum atomic E-state index is -0.473. The van der Waals surface area contributed by atoms with E-state index in [9.17, 15) is 18.8 Å². The minimum Gasteiger partial charge on any atom is -0.355 e. The van der Waals surface area contributed by atoms with Crippen molar-refractivity contribution in [1.82, 2.24) is 15.1 Å². The Hall–Kier alpha value is -3.26. The molecule has 2 aromatic rings. The molecule has 0 aliphatic carbocycles. The molecule has 2 aliphatic rings. The number of halogens is 1. The number of hydrogen-bond acceptors (Lipinski definition) is 4. The van der Waals surface area contributed by atoms with Crippen molar-refractivity contribution in [3.8, 4) is 0 Å². The summed E-state index contributed by atoms with van der Waals surface area (Å²) < 4.78 is 13.1. The first-order valence-electron chi connectivity index (χ1n) is 11.4. The van der Waals surface area contributed by atoms with Crippen LogP contribution in [0.1, 0.15) is 18.4 Å². The minimum absolute atomic E-state index is 0.0325. The second-order valence-corrected chi connectivity index (χ2v) is 8.57. The van der Waals surface area contributed by atoms with Crippen molar-refractivity contribution in [2.45, 2.75) is 19.4 Å². The van der Waals surface area contributed by atoms with E-state index in [0.717, 1.165) is 19.6 Å². The fourth-order valence-electron chi connectivity index (χ4n) is 4.35. The number of nitrogens with one attached hydrogen (secondary N) is 1. The summed E-state index contributed by atoms with van der Waals surface area (Å²) in [6.45, 7) is 4.42. The zero-order valence-electron chi connectivity index (χ0n) is 18.6. The van der Waals surface area contributed by atoms with Crippen molar-refractivity contribution < 1.29 is 18.8 Å². The summed E-state index contributed by atoms with van der Waals surface area (Å²) in [6.07, 6.45) is 0.354. The molecule has 2 aromatic carbocycles. The molecule has 33 heavy (non-hydrogen) atoms. The van der Waals surface area contributed by atoms with Crippen LogP contribution in [0, 0.1) is 11.7 Å². The molecule has 1 atom stereocenters. The molecule has 3 amide bonds. The molecule has 0 unspecified atom stereocenters. The van der Waals surface area contributed by atoms with Gasteiger partial charge in [0.15, 0.2) is 0 Å². The molecule has 7 nitrogen and oxygen atoms in total. The number of nitrogens with zero attached hydrogens (tertiary/aromatic N) is 3. The summed E-state index contributed by atoms with van der Waals surface area (Å²) in [6, 6.07) is 15.9. The van der Waals surface area contributed by atoms with Crippen LogP contribution in [-0.2, 0) is 20.9 Å². The first-order valence-corrected chi connectivity index (χ1v) is 11.4. The topological polar surface area (TPSA) is 73.0 Å². The lowest BCUT2D eigenvalue weighted by Gasteiger charge is -2.34. The highest BCUT2D eigenvalue weighted by Gasteiger charge is 2.35. The van der Waals surface area contributed by atoms with Crippen LogP contribution in [0.3, 0.4) is 0 Å². The van der Waals surface area contributed by atoms with Crippen molar-refractivity contribution >= 4 is 23.4 Å². The number of benzene rings is 2. The first kappa shape index (κ1) is 22.9. The predicted molar refractivity (Wildman–Crippen MR) is 123 cm³/mol. The lowest BCUT2D eigenvalue weighted by Crippen LogP contribution is -2.48. The number of carbonyl (C=O) groups is 3. The highest BCUT2D eigenvalue weighted by molar-refractivity contribution is 6.00. The van der Waals surface area contributed by atoms with Crippen molar-refractivity contribution in [3.05, 3.63) is 66.0 Å². The lowest BCUT2D eigenvalue weighted by molar-refractivity contribution is -0.133. The highest BCUT2D eigenvalue weighted by atomic mass is 19.1. The smallest absolute Gasteiger partial charge is 0.227 e. The van der Waals surface area contributed by atoms with E-state index >= 15 is 0 Å². The Morgan fingerprint density at radius 3 is 2.36 bits per heavy atom. The maximum atomic E-state index is 13.1. The Kier molecular flexibility index (Phi) is 7.34. The Morgan fingerprint density at radius 1 is 0.970 bits per heavy atom. The van der Waals surface area contributed by atoms with Crippen molar-refractivity contribution in [2.75, 3.05) is 44.2 Å². The maximum absolute atomic E-state index is 13.1. The molecule has 2 fully saturated rings. The van der Waals surface area contributed by atoms with Crippen LogP contribution in [0.2, 0.25) is 0 Å². The number of rotatable bonds is 7. The predicted octanol–water partition coefficient (Wildman–Crippen LogP) is 2.03. The van der Waals surface area contributed by atoms with Crippen LogP contribution in [0.4, 0.5) is 10.1 Å². The van der Waals surface area contributed by atoms with E-state index in [0.29, 0.717) is 18.8 Å². The quantitative estimate of drug-likeness (QED) is 0.698. The van der Waals surface area contributed by atoms with Crippen molar-refractivity contribution in [1.29, 1.82) is 0 Å². The van der Waals surface area contributed by atoms with Crippen LogP contribution in [0.25, 0.3) is 0 Å². The van der Waals surface area contributed by atoms with Gasteiger partial charge < -0.3 is 15.1 Å². The molecule has 2 saturated heterocycles. The molecule has 1 N–H and O–H groups in total. The van der Waals surface area contributed by atoms with E-state index in [-0.39, 0.29) is 49.5 Å². The summed E-state index contributed by atoms with van der Waals surface area (Å²) in [5, 5.41) is 2.80. The third kappa shape index (κ3) is 5.96. The lowest BCUT2D eigenvalue weighted by atomic mass is 10.1. The SMILES string of the molecule is O=C(NCCC(=O)N1CCN(Cc2ccccc2)CC1)[C@@H]1CC(=O)N(c2ccc(F)cc2)C1. The molecule has 4 rings (SSSR count). The fraction of sp³-hybridized carbons (Fsp3) is 0.400. The van der Waals surface area contributed by atoms with Gasteiger partial charge in [-0.25, -0.2) is 4.39 Å². The molecule has 0 bridgehead atoms. The summed E-state index contributed by atoms with van der Waals surface area (Å²) in [5.74, 6) is -1.20. The first-order chi connectivity index (χ1) is 16.0. The Bertz CT molecular complexity index is 975. The van der Waals surface area contributed by atoms with Gasteiger partial charge in [0.05, 0.1) is 5.92 Å². The standard InChI is InChI=1S/C25H29FN4O3/c26-21-6-8-22(9-7-21)30-18-20(16-24(30)32)25(33)27-11-10-23(31)29-14-12-28(13-15-29)17-19-4-2-1-3-5-19/h1-9,20H,10-18H2,(H,27,33)/t20-/m1/s1. The van der Waals surface area contributed by atoms with Gasteiger partial charge in [-0.2, -0.15) is 0 Å². The van der Waals surface area contributed by atoms with Gasteiger partial charge in [0.25, 0.3) is 0 Å². The van der Waals surface area contributed by atoms with Gasteiger partial charge in [-0.1, -0.05) is 30.3 Å². The van der Waals surface area contributed by atoms with Gasteiger partial charge in [0.2, 0.25) is 17.7 Å². The molecular weight excluding hydrogens is 423 g/mol. The third-order valence-electron chi connectivity index (χ3n) is 6.25. The average Bonchev–Trinajstić information content (AvgIpc) is 3.22. The second kappa shape index (κ2) is 10.6. The van der Waals surface area contributed by atoms with Gasteiger partial charge in [0.1, 0.15) is 5.82 Å². The van der Waals surface area contributed by atoms with Crippen molar-refractivity contribution in [2.24, 2.45) is 5.92 Å². The molecular formula is C25H29FN4O3. The monoisotopic (exact) mass is 452 g/mol. The molecule has 0 aromatic heterocycles. The molecule has 174 valence electrons. The van der Waals surface area contributed by atoms with Gasteiger partial charge in [-0.05, 0) is 29.8 Å². The zero-order chi connectivity index (χ0) is 23.2. The molecule has 2 heterocycles. The van der Waals surface area contributed by atoms with E-state index in [4.69, 9.17) is 0 Å². The largest absolute Gasteiger partial charge is 0.355 e. The van der Waals surface area contributed by atoms with Crippen LogP contribution in [0.15, 0.2) is 54.6 Å². The molecule has 2 aliphatic heterocycles. The Morgan fingerprint density at radius 2 is 1.67 bits per heavy atom. The number of hydrogen-bond donors (Lipinski definition) is 1. The molecule has 8 heteroatoms. The molecule has 0 radical (unpaired) electrons. The van der Waals surface area contributed by atoms with E-state index in [1.54, 1.807) is 0 Å². The number of carbonyl (C=O) groups excluding carboxylic acids is 3. The van der Waals surface area contributed by atoms with Crippen molar-refractivity contribution in [3.63, 3.8) is 0 Å². The second-order valence-electron chi connectivity index (χ2n) is 8.57. The summed E-state index contributed by atoms with van der Waals surface area (Å²) in [5.41, 5.74) is 1.85. The number of piperazine rings is 1. The summed E-state index contributed by atoms with van der Waals surface area (Å²) >= 11 is 0. The summed E-state index contributed by atoms with van der Waals surface area (Å²) in [7, 11) is 0. The zero-order valence-corrected chi connectivity index (χ0v) is 18.6. The van der Waals surface area contributed by atoms with Gasteiger partial charge in [0, 0.05) is 64.3 Å². The van der Waals surface area contributed by atoms with Gasteiger partial charge in [-0.15, -0.1) is 0 Å². The average molecular weight is 453 g/mol. The maximum Gasteiger partial charge on any atom is 0.227 e. The highest BCUT2D eigenvalue weighted by Crippen LogP contribution is 2.25. The summed E-state index contributed by atoms with van der Waals surface area (Å²) in [4.78, 5) is 43.0. The number of anilines is 1. The van der Waals surface area contributed by atoms with E-state index in [1.165, 1.54) is 34.7 Å². The van der Waals surface area contributed by atoms with Crippen LogP contribution in [0.5, 0.6) is 0 Å². The van der Waals surface area contributed by atoms with E-state index < -0.39 is 5.92 Å². The Labute approximate surface area is 193 Å². The van der Waals surface area contributed by atoms with E-state index in [1.807, 2.05) is 23.1 Å². The third-order valence-corrected chi connectivity index (χ3v) is 6.25. The molecule has 0 saturated carbocycles. The fourth-order valence-corrected chi connectivity index (χ4v) is 4.35.